The molecule has 0 aromatic carbocycles. The fourth-order valence-corrected chi connectivity index (χ4v) is 1.09. The second kappa shape index (κ2) is 4.37. The fourth-order valence-electron chi connectivity index (χ4n) is 1.02. The highest BCUT2D eigenvalue weighted by molar-refractivity contribution is 7.80. The Balaban J connectivity index is 2.34. The number of carbonyl (C=O) groups is 1. The molecule has 1 aliphatic rings. The predicted octanol–water partition coefficient (Wildman–Crippen LogP) is 1.07. The minimum absolute atomic E-state index is 0.257. The molecular weight excluding hydrogens is 176 g/mol. The molecular formula is C7H12N2O2S. The van der Waals surface area contributed by atoms with Gasteiger partial charge in [0.05, 0.1) is 0 Å². The summed E-state index contributed by atoms with van der Waals surface area (Å²) < 4.78 is 4.75. The van der Waals surface area contributed by atoms with Gasteiger partial charge in [0.2, 0.25) is 0 Å². The van der Waals surface area contributed by atoms with E-state index in [1.807, 2.05) is 0 Å². The van der Waals surface area contributed by atoms with E-state index in [4.69, 9.17) is 4.74 Å². The monoisotopic (exact) mass is 188 g/mol. The Morgan fingerprint density at radius 1 is 1.58 bits per heavy atom. The molecule has 0 aliphatic carbocycles. The first-order valence-electron chi connectivity index (χ1n) is 3.93. The van der Waals surface area contributed by atoms with Gasteiger partial charge in [-0.15, -0.1) is 0 Å². The van der Waals surface area contributed by atoms with Gasteiger partial charge < -0.3 is 4.74 Å². The van der Waals surface area contributed by atoms with Crippen molar-refractivity contribution in [2.24, 2.45) is 0 Å². The van der Waals surface area contributed by atoms with Crippen LogP contribution in [0.3, 0.4) is 0 Å². The summed E-state index contributed by atoms with van der Waals surface area (Å²) in [4.78, 5) is 11.2. The third-order valence-corrected chi connectivity index (χ3v) is 1.65. The van der Waals surface area contributed by atoms with Gasteiger partial charge >= 0.3 is 6.09 Å². The Morgan fingerprint density at radius 2 is 2.33 bits per heavy atom. The molecule has 0 unspecified atom stereocenters. The average Bonchev–Trinajstić information content (AvgIpc) is 2.05. The predicted molar refractivity (Wildman–Crippen MR) is 48.7 cm³/mol. The standard InChI is InChI=1S/C7H12N2O2S/c1-6(12)11-7(10)9-5-3-2-4-8-9/h8H,2-5H2,1H3. The van der Waals surface area contributed by atoms with E-state index >= 15 is 0 Å². The van der Waals surface area contributed by atoms with Crippen LogP contribution in [0, 0.1) is 0 Å². The van der Waals surface area contributed by atoms with E-state index in [-0.39, 0.29) is 5.05 Å². The van der Waals surface area contributed by atoms with Gasteiger partial charge in [-0.25, -0.2) is 15.2 Å². The minimum atomic E-state index is -0.401. The van der Waals surface area contributed by atoms with Crippen molar-refractivity contribution in [3.8, 4) is 0 Å². The number of nitrogens with zero attached hydrogens (tertiary/aromatic N) is 1. The number of amides is 1. The summed E-state index contributed by atoms with van der Waals surface area (Å²) in [5, 5.41) is 1.71. The number of ether oxygens (including phenoxy) is 1. The molecule has 0 radical (unpaired) electrons. The number of hydrogen-bond acceptors (Lipinski definition) is 4. The van der Waals surface area contributed by atoms with Gasteiger partial charge in [0.15, 0.2) is 5.05 Å². The first kappa shape index (κ1) is 9.41. The molecule has 1 amide bonds. The number of thiocarbonyl (C=S) groups is 1. The van der Waals surface area contributed by atoms with Crippen LogP contribution in [0.25, 0.3) is 0 Å². The molecule has 0 aromatic rings. The lowest BCUT2D eigenvalue weighted by Gasteiger charge is -2.26. The molecule has 1 heterocycles. The molecule has 5 heteroatoms. The van der Waals surface area contributed by atoms with Crippen LogP contribution in [0.1, 0.15) is 19.8 Å². The summed E-state index contributed by atoms with van der Waals surface area (Å²) in [7, 11) is 0. The number of carbonyl (C=O) groups excluding carboxylic acids is 1. The Bertz CT molecular complexity index is 190. The van der Waals surface area contributed by atoms with Gasteiger partial charge in [0.25, 0.3) is 0 Å². The van der Waals surface area contributed by atoms with Crippen LogP contribution in [0.5, 0.6) is 0 Å². The molecule has 0 atom stereocenters. The number of hydrogen-bond donors (Lipinski definition) is 1. The smallest absolute Gasteiger partial charge is 0.402 e. The number of nitrogens with one attached hydrogen (secondary N) is 1. The zero-order valence-corrected chi connectivity index (χ0v) is 7.82. The maximum atomic E-state index is 11.2. The molecule has 0 saturated carbocycles. The fraction of sp³-hybridized carbons (Fsp3) is 0.714. The zero-order chi connectivity index (χ0) is 8.97. The lowest BCUT2D eigenvalue weighted by molar-refractivity contribution is 0.112. The van der Waals surface area contributed by atoms with Crippen LogP contribution in [0.15, 0.2) is 0 Å². The van der Waals surface area contributed by atoms with Crippen molar-refractivity contribution >= 4 is 23.4 Å². The normalized spacial score (nSPS) is 17.2. The molecule has 1 aliphatic heterocycles. The molecule has 1 fully saturated rings. The first-order valence-corrected chi connectivity index (χ1v) is 4.34. The van der Waals surface area contributed by atoms with Crippen molar-refractivity contribution in [2.75, 3.05) is 13.1 Å². The van der Waals surface area contributed by atoms with Gasteiger partial charge in [-0.1, -0.05) is 0 Å². The molecule has 4 nitrogen and oxygen atoms in total. The molecule has 0 bridgehead atoms. The second-order valence-electron chi connectivity index (χ2n) is 2.63. The summed E-state index contributed by atoms with van der Waals surface area (Å²) >= 11 is 4.64. The third-order valence-electron chi connectivity index (χ3n) is 1.56. The molecule has 68 valence electrons. The van der Waals surface area contributed by atoms with Gasteiger partial charge in [-0.2, -0.15) is 0 Å². The van der Waals surface area contributed by atoms with Crippen LogP contribution >= 0.6 is 12.2 Å². The van der Waals surface area contributed by atoms with Crippen molar-refractivity contribution in [3.05, 3.63) is 0 Å². The maximum Gasteiger partial charge on any atom is 0.430 e. The summed E-state index contributed by atoms with van der Waals surface area (Å²) in [6, 6.07) is 0. The van der Waals surface area contributed by atoms with Gasteiger partial charge in [-0.3, -0.25) is 0 Å². The summed E-state index contributed by atoms with van der Waals surface area (Å²) in [6.07, 6.45) is 1.71. The van der Waals surface area contributed by atoms with Gasteiger partial charge in [-0.05, 0) is 25.1 Å². The minimum Gasteiger partial charge on any atom is -0.402 e. The van der Waals surface area contributed by atoms with Crippen molar-refractivity contribution in [2.45, 2.75) is 19.8 Å². The summed E-state index contributed by atoms with van der Waals surface area (Å²) in [6.45, 7) is 3.10. The van der Waals surface area contributed by atoms with Gasteiger partial charge in [0, 0.05) is 20.0 Å². The molecule has 1 saturated heterocycles. The van der Waals surface area contributed by atoms with Crippen LogP contribution < -0.4 is 5.43 Å². The highest BCUT2D eigenvalue weighted by Gasteiger charge is 2.17. The molecule has 12 heavy (non-hydrogen) atoms. The Labute approximate surface area is 76.8 Å². The van der Waals surface area contributed by atoms with Gasteiger partial charge in [0.1, 0.15) is 0 Å². The number of hydrazine groups is 1. The van der Waals surface area contributed by atoms with Crippen molar-refractivity contribution in [1.29, 1.82) is 0 Å². The van der Waals surface area contributed by atoms with E-state index in [0.29, 0.717) is 6.54 Å². The highest BCUT2D eigenvalue weighted by atomic mass is 32.1. The van der Waals surface area contributed by atoms with Crippen molar-refractivity contribution in [3.63, 3.8) is 0 Å². The topological polar surface area (TPSA) is 41.6 Å². The maximum absolute atomic E-state index is 11.2. The third kappa shape index (κ3) is 2.75. The SMILES string of the molecule is CC(=S)OC(=O)N1CCCCN1. The average molecular weight is 188 g/mol. The second-order valence-corrected chi connectivity index (χ2v) is 3.20. The van der Waals surface area contributed by atoms with E-state index in [2.05, 4.69) is 17.6 Å². The van der Waals surface area contributed by atoms with Crippen LogP contribution in [-0.4, -0.2) is 29.2 Å². The molecule has 1 N–H and O–H groups in total. The van der Waals surface area contributed by atoms with Crippen molar-refractivity contribution < 1.29 is 9.53 Å². The van der Waals surface area contributed by atoms with E-state index in [1.165, 1.54) is 5.01 Å². The van der Waals surface area contributed by atoms with Crippen LogP contribution in [0.4, 0.5) is 4.79 Å². The van der Waals surface area contributed by atoms with Crippen molar-refractivity contribution in [1.82, 2.24) is 10.4 Å². The molecule has 0 aromatic heterocycles. The van der Waals surface area contributed by atoms with E-state index < -0.39 is 6.09 Å². The quantitative estimate of drug-likeness (QED) is 0.577. The highest BCUT2D eigenvalue weighted by Crippen LogP contribution is 2.01. The van der Waals surface area contributed by atoms with E-state index in [1.54, 1.807) is 6.92 Å². The van der Waals surface area contributed by atoms with Crippen LogP contribution in [0.2, 0.25) is 0 Å². The Hall–Kier alpha value is -0.680. The van der Waals surface area contributed by atoms with E-state index in [9.17, 15) is 4.79 Å². The Morgan fingerprint density at radius 3 is 2.83 bits per heavy atom. The summed E-state index contributed by atoms with van der Waals surface area (Å²) in [5.74, 6) is 0. The zero-order valence-electron chi connectivity index (χ0n) is 7.00. The lowest BCUT2D eigenvalue weighted by atomic mass is 10.3. The largest absolute Gasteiger partial charge is 0.430 e. The van der Waals surface area contributed by atoms with E-state index in [0.717, 1.165) is 19.4 Å². The first-order chi connectivity index (χ1) is 5.70. The molecule has 1 rings (SSSR count). The molecule has 0 spiro atoms. The lowest BCUT2D eigenvalue weighted by Crippen LogP contribution is -2.47. The Kier molecular flexibility index (Phi) is 3.43. The van der Waals surface area contributed by atoms with Crippen LogP contribution in [-0.2, 0) is 4.74 Å². The summed E-state index contributed by atoms with van der Waals surface area (Å²) in [5.41, 5.74) is 2.92. The number of rotatable bonds is 0.